The molecule has 0 N–H and O–H groups in total. The van der Waals surface area contributed by atoms with Crippen molar-refractivity contribution in [1.29, 1.82) is 0 Å². The molecule has 0 aliphatic rings. The van der Waals surface area contributed by atoms with Gasteiger partial charge in [-0.2, -0.15) is 0 Å². The van der Waals surface area contributed by atoms with Crippen LogP contribution in [0.4, 0.5) is 17.1 Å². The molecule has 0 unspecified atom stereocenters. The van der Waals surface area contributed by atoms with Gasteiger partial charge in [-0.3, -0.25) is 0 Å². The molecule has 0 fully saturated rings. The highest BCUT2D eigenvalue weighted by Crippen LogP contribution is 2.41. The highest BCUT2D eigenvalue weighted by Gasteiger charge is 2.18. The van der Waals surface area contributed by atoms with Crippen LogP contribution in [0.15, 0.2) is 206 Å². The first-order valence-electron chi connectivity index (χ1n) is 17.8. The first-order chi connectivity index (χ1) is 25.8. The predicted octanol–water partition coefficient (Wildman–Crippen LogP) is 13.8. The van der Waals surface area contributed by atoms with Gasteiger partial charge in [0, 0.05) is 33.5 Å². The van der Waals surface area contributed by atoms with Crippen LogP contribution >= 0.6 is 0 Å². The Hall–Kier alpha value is -6.90. The summed E-state index contributed by atoms with van der Waals surface area (Å²) in [5.41, 5.74) is 14.0. The Balaban J connectivity index is 1.12. The lowest BCUT2D eigenvalue weighted by Crippen LogP contribution is -2.10. The molecule has 0 spiro atoms. The van der Waals surface area contributed by atoms with Crippen LogP contribution in [-0.4, -0.2) is 4.57 Å². The molecule has 9 aromatic carbocycles. The Kier molecular flexibility index (Phi) is 7.18. The van der Waals surface area contributed by atoms with Crippen molar-refractivity contribution >= 4 is 49.6 Å². The fraction of sp³-hybridized carbons (Fsp3) is 0. The number of aromatic nitrogens is 1. The molecule has 10 aromatic rings. The number of benzene rings is 9. The Morgan fingerprint density at radius 3 is 1.15 bits per heavy atom. The van der Waals surface area contributed by atoms with E-state index in [0.717, 1.165) is 28.3 Å². The number of anilines is 3. The van der Waals surface area contributed by atoms with E-state index in [4.69, 9.17) is 0 Å². The van der Waals surface area contributed by atoms with Crippen molar-refractivity contribution < 1.29 is 0 Å². The summed E-state index contributed by atoms with van der Waals surface area (Å²) < 4.78 is 2.43. The lowest BCUT2D eigenvalue weighted by atomic mass is 10.0. The first-order valence-corrected chi connectivity index (χ1v) is 17.8. The maximum absolute atomic E-state index is 2.43. The molecule has 0 bridgehead atoms. The van der Waals surface area contributed by atoms with E-state index in [1.165, 1.54) is 60.4 Å². The van der Waals surface area contributed by atoms with E-state index in [1.54, 1.807) is 0 Å². The molecule has 244 valence electrons. The van der Waals surface area contributed by atoms with Gasteiger partial charge < -0.3 is 9.47 Å². The SMILES string of the molecule is c1ccc(-c2cccc(N(c3cccc(-c4ccccc4)c3)c3cccc(-c4cccc(-n5c6cccc7ccc8cccc5c8c76)c4)c3)c2)cc1. The van der Waals surface area contributed by atoms with Crippen molar-refractivity contribution in [2.75, 3.05) is 4.90 Å². The summed E-state index contributed by atoms with van der Waals surface area (Å²) >= 11 is 0. The van der Waals surface area contributed by atoms with Gasteiger partial charge in [0.15, 0.2) is 0 Å². The molecule has 0 aliphatic heterocycles. The minimum absolute atomic E-state index is 1.10. The zero-order chi connectivity index (χ0) is 34.4. The van der Waals surface area contributed by atoms with Gasteiger partial charge in [-0.1, -0.05) is 146 Å². The molecule has 0 radical (unpaired) electrons. The number of nitrogens with zero attached hydrogens (tertiary/aromatic N) is 2. The van der Waals surface area contributed by atoms with Gasteiger partial charge in [-0.05, 0) is 105 Å². The Bertz CT molecular complexity index is 2700. The molecule has 1 heterocycles. The number of rotatable bonds is 7. The van der Waals surface area contributed by atoms with Gasteiger partial charge in [0.1, 0.15) is 0 Å². The summed E-state index contributed by atoms with van der Waals surface area (Å²) in [6, 6.07) is 74.6. The highest BCUT2D eigenvalue weighted by atomic mass is 15.1. The van der Waals surface area contributed by atoms with Crippen molar-refractivity contribution in [3.63, 3.8) is 0 Å². The molecule has 2 nitrogen and oxygen atoms in total. The minimum Gasteiger partial charge on any atom is -0.310 e. The van der Waals surface area contributed by atoms with Crippen molar-refractivity contribution in [2.45, 2.75) is 0 Å². The molecule has 0 saturated heterocycles. The molecule has 0 atom stereocenters. The predicted molar refractivity (Wildman–Crippen MR) is 220 cm³/mol. The molecular weight excluding hydrogens is 629 g/mol. The van der Waals surface area contributed by atoms with Crippen molar-refractivity contribution in [3.05, 3.63) is 206 Å². The van der Waals surface area contributed by atoms with Crippen molar-refractivity contribution in [2.24, 2.45) is 0 Å². The molecule has 2 heteroatoms. The van der Waals surface area contributed by atoms with E-state index in [0.29, 0.717) is 0 Å². The summed E-state index contributed by atoms with van der Waals surface area (Å²) in [4.78, 5) is 2.38. The maximum Gasteiger partial charge on any atom is 0.0547 e. The molecular formula is C50H34N2. The Labute approximate surface area is 303 Å². The van der Waals surface area contributed by atoms with E-state index in [9.17, 15) is 0 Å². The van der Waals surface area contributed by atoms with Crippen molar-refractivity contribution in [3.8, 4) is 39.1 Å². The summed E-state index contributed by atoms with van der Waals surface area (Å²) in [7, 11) is 0. The fourth-order valence-electron chi connectivity index (χ4n) is 7.90. The summed E-state index contributed by atoms with van der Waals surface area (Å²) in [6.07, 6.45) is 0. The number of hydrogen-bond acceptors (Lipinski definition) is 1. The number of hydrogen-bond donors (Lipinski definition) is 0. The smallest absolute Gasteiger partial charge is 0.0547 e. The Morgan fingerprint density at radius 2 is 0.673 bits per heavy atom. The van der Waals surface area contributed by atoms with E-state index in [-0.39, 0.29) is 0 Å². The largest absolute Gasteiger partial charge is 0.310 e. The second kappa shape index (κ2) is 12.5. The van der Waals surface area contributed by atoms with E-state index in [1.807, 2.05) is 0 Å². The van der Waals surface area contributed by atoms with Gasteiger partial charge in [0.2, 0.25) is 0 Å². The van der Waals surface area contributed by atoms with Crippen LogP contribution in [0.2, 0.25) is 0 Å². The zero-order valence-corrected chi connectivity index (χ0v) is 28.5. The minimum atomic E-state index is 1.10. The van der Waals surface area contributed by atoms with Crippen LogP contribution in [0.1, 0.15) is 0 Å². The third kappa shape index (κ3) is 5.12. The van der Waals surface area contributed by atoms with E-state index in [2.05, 4.69) is 216 Å². The highest BCUT2D eigenvalue weighted by molar-refractivity contribution is 6.24. The molecule has 52 heavy (non-hydrogen) atoms. The van der Waals surface area contributed by atoms with Gasteiger partial charge in [-0.15, -0.1) is 0 Å². The third-order valence-electron chi connectivity index (χ3n) is 10.3. The fourth-order valence-corrected chi connectivity index (χ4v) is 7.90. The average molecular weight is 663 g/mol. The van der Waals surface area contributed by atoms with E-state index < -0.39 is 0 Å². The summed E-state index contributed by atoms with van der Waals surface area (Å²) in [5.74, 6) is 0. The molecule has 0 aliphatic carbocycles. The summed E-state index contributed by atoms with van der Waals surface area (Å²) in [6.45, 7) is 0. The lowest BCUT2D eigenvalue weighted by molar-refractivity contribution is 1.18. The average Bonchev–Trinajstić information content (AvgIpc) is 3.57. The standard InChI is InChI=1S/C50H34N2/c1-3-13-35(14-4-1)39-19-7-23-43(31-39)51(44-24-8-20-40(32-44)36-15-5-2-6-16-36)45-25-9-21-41(33-45)42-22-10-26-46(34-42)52-47-27-11-17-37-29-30-38-18-12-28-48(52)50(38)49(37)47/h1-34H. The van der Waals surface area contributed by atoms with Crippen LogP contribution in [0.25, 0.3) is 71.6 Å². The van der Waals surface area contributed by atoms with Gasteiger partial charge in [0.05, 0.1) is 11.0 Å². The van der Waals surface area contributed by atoms with Gasteiger partial charge in [-0.25, -0.2) is 0 Å². The second-order valence-corrected chi connectivity index (χ2v) is 13.4. The van der Waals surface area contributed by atoms with Crippen molar-refractivity contribution in [1.82, 2.24) is 4.57 Å². The zero-order valence-electron chi connectivity index (χ0n) is 28.5. The monoisotopic (exact) mass is 662 g/mol. The quantitative estimate of drug-likeness (QED) is 0.154. The van der Waals surface area contributed by atoms with Crippen LogP contribution in [0.3, 0.4) is 0 Å². The van der Waals surface area contributed by atoms with Crippen LogP contribution in [0.5, 0.6) is 0 Å². The normalized spacial score (nSPS) is 11.5. The van der Waals surface area contributed by atoms with Gasteiger partial charge in [0.25, 0.3) is 0 Å². The van der Waals surface area contributed by atoms with Crippen LogP contribution in [-0.2, 0) is 0 Å². The maximum atomic E-state index is 2.43. The Morgan fingerprint density at radius 1 is 0.288 bits per heavy atom. The second-order valence-electron chi connectivity index (χ2n) is 13.4. The first kappa shape index (κ1) is 30.0. The van der Waals surface area contributed by atoms with Crippen LogP contribution < -0.4 is 4.90 Å². The third-order valence-corrected chi connectivity index (χ3v) is 10.3. The molecule has 10 rings (SSSR count). The molecule has 0 amide bonds. The summed E-state index contributed by atoms with van der Waals surface area (Å²) in [5, 5.41) is 5.20. The molecule has 1 aromatic heterocycles. The van der Waals surface area contributed by atoms with Crippen LogP contribution in [0, 0.1) is 0 Å². The molecule has 0 saturated carbocycles. The lowest BCUT2D eigenvalue weighted by Gasteiger charge is -2.27. The van der Waals surface area contributed by atoms with Gasteiger partial charge >= 0.3 is 0 Å². The van der Waals surface area contributed by atoms with E-state index >= 15 is 0 Å². The topological polar surface area (TPSA) is 8.17 Å².